The Morgan fingerprint density at radius 2 is 2.35 bits per heavy atom. The largest absolute Gasteiger partial charge is 0.472 e. The maximum atomic E-state index is 10.1. The van der Waals surface area contributed by atoms with E-state index in [1.165, 1.54) is 0 Å². The van der Waals surface area contributed by atoms with Crippen LogP contribution >= 0.6 is 15.9 Å². The van der Waals surface area contributed by atoms with Crippen LogP contribution in [0.5, 0.6) is 0 Å². The Balaban J connectivity index is 2.24. The van der Waals surface area contributed by atoms with Gasteiger partial charge in [-0.25, -0.2) is 0 Å². The Kier molecular flexibility index (Phi) is 3.69. The Labute approximate surface area is 108 Å². The molecular formula is C12H15BrN2O2. The highest BCUT2D eigenvalue weighted by Gasteiger charge is 2.17. The lowest BCUT2D eigenvalue weighted by Crippen LogP contribution is -2.08. The molecule has 92 valence electrons. The third kappa shape index (κ3) is 2.45. The topological polar surface area (TPSA) is 51.2 Å². The van der Waals surface area contributed by atoms with Crippen LogP contribution in [-0.4, -0.2) is 14.9 Å². The summed E-state index contributed by atoms with van der Waals surface area (Å²) in [6.45, 7) is 4.77. The number of halogens is 1. The smallest absolute Gasteiger partial charge is 0.0960 e. The highest BCUT2D eigenvalue weighted by molar-refractivity contribution is 9.10. The highest BCUT2D eigenvalue weighted by atomic mass is 79.9. The lowest BCUT2D eigenvalue weighted by molar-refractivity contribution is 0.174. The molecule has 1 unspecified atom stereocenters. The highest BCUT2D eigenvalue weighted by Crippen LogP contribution is 2.26. The number of hydrogen-bond acceptors (Lipinski definition) is 3. The fourth-order valence-electron chi connectivity index (χ4n) is 1.83. The molecule has 2 aromatic heterocycles. The fourth-order valence-corrected chi connectivity index (χ4v) is 2.28. The molecule has 0 aromatic carbocycles. The molecule has 0 saturated heterocycles. The third-order valence-electron chi connectivity index (χ3n) is 2.77. The Bertz CT molecular complexity index is 491. The van der Waals surface area contributed by atoms with E-state index in [9.17, 15) is 5.11 Å². The number of furan rings is 1. The summed E-state index contributed by atoms with van der Waals surface area (Å²) in [7, 11) is 0. The van der Waals surface area contributed by atoms with Crippen LogP contribution in [0.15, 0.2) is 27.5 Å². The zero-order valence-corrected chi connectivity index (χ0v) is 11.4. The van der Waals surface area contributed by atoms with Crippen LogP contribution in [0.1, 0.15) is 30.0 Å². The minimum atomic E-state index is -0.563. The standard InChI is InChI=1S/C12H15BrN2O2/c1-3-15-10(12(13)8(2)14-15)6-11(16)9-4-5-17-7-9/h4-5,7,11,16H,3,6H2,1-2H3. The molecule has 2 heterocycles. The van der Waals surface area contributed by atoms with Gasteiger partial charge in [0, 0.05) is 18.5 Å². The van der Waals surface area contributed by atoms with Gasteiger partial charge in [0.15, 0.2) is 0 Å². The number of aliphatic hydroxyl groups is 1. The van der Waals surface area contributed by atoms with Crippen molar-refractivity contribution in [1.82, 2.24) is 9.78 Å². The molecule has 5 heteroatoms. The summed E-state index contributed by atoms with van der Waals surface area (Å²) < 4.78 is 7.85. The predicted octanol–water partition coefficient (Wildman–Crippen LogP) is 2.84. The van der Waals surface area contributed by atoms with Gasteiger partial charge < -0.3 is 9.52 Å². The zero-order valence-electron chi connectivity index (χ0n) is 9.85. The van der Waals surface area contributed by atoms with E-state index in [2.05, 4.69) is 21.0 Å². The Hall–Kier alpha value is -1.07. The Morgan fingerprint density at radius 3 is 2.94 bits per heavy atom. The molecule has 0 saturated carbocycles. The number of aryl methyl sites for hydroxylation is 2. The second-order valence-electron chi connectivity index (χ2n) is 3.94. The number of nitrogens with zero attached hydrogens (tertiary/aromatic N) is 2. The number of aromatic nitrogens is 2. The summed E-state index contributed by atoms with van der Waals surface area (Å²) in [5.74, 6) is 0. The van der Waals surface area contributed by atoms with Crippen molar-refractivity contribution in [3.05, 3.63) is 40.0 Å². The average Bonchev–Trinajstić information content (AvgIpc) is 2.92. The summed E-state index contributed by atoms with van der Waals surface area (Å²) in [6, 6.07) is 1.78. The molecule has 0 aliphatic carbocycles. The molecular weight excluding hydrogens is 284 g/mol. The minimum absolute atomic E-state index is 0.523. The summed E-state index contributed by atoms with van der Waals surface area (Å²) in [4.78, 5) is 0. The zero-order chi connectivity index (χ0) is 12.4. The summed E-state index contributed by atoms with van der Waals surface area (Å²) in [5.41, 5.74) is 2.75. The van der Waals surface area contributed by atoms with Crippen LogP contribution in [0.25, 0.3) is 0 Å². The van der Waals surface area contributed by atoms with Crippen LogP contribution in [-0.2, 0) is 13.0 Å². The van der Waals surface area contributed by atoms with Crippen molar-refractivity contribution in [3.63, 3.8) is 0 Å². The SMILES string of the molecule is CCn1nc(C)c(Br)c1CC(O)c1ccoc1. The molecule has 0 bridgehead atoms. The molecule has 0 aliphatic heterocycles. The van der Waals surface area contributed by atoms with Gasteiger partial charge in [-0.15, -0.1) is 0 Å². The van der Waals surface area contributed by atoms with E-state index >= 15 is 0 Å². The lowest BCUT2D eigenvalue weighted by atomic mass is 10.1. The predicted molar refractivity (Wildman–Crippen MR) is 67.7 cm³/mol. The van der Waals surface area contributed by atoms with E-state index in [1.807, 2.05) is 18.5 Å². The molecule has 0 aliphatic rings. The first-order valence-corrected chi connectivity index (χ1v) is 6.34. The van der Waals surface area contributed by atoms with Crippen molar-refractivity contribution in [3.8, 4) is 0 Å². The number of rotatable bonds is 4. The average molecular weight is 299 g/mol. The van der Waals surface area contributed by atoms with Crippen LogP contribution in [0.2, 0.25) is 0 Å². The van der Waals surface area contributed by atoms with E-state index in [1.54, 1.807) is 18.6 Å². The number of hydrogen-bond donors (Lipinski definition) is 1. The van der Waals surface area contributed by atoms with E-state index < -0.39 is 6.10 Å². The first kappa shape index (κ1) is 12.4. The maximum Gasteiger partial charge on any atom is 0.0960 e. The molecule has 2 rings (SSSR count). The molecule has 1 N–H and O–H groups in total. The van der Waals surface area contributed by atoms with E-state index in [4.69, 9.17) is 4.42 Å². The maximum absolute atomic E-state index is 10.1. The van der Waals surface area contributed by atoms with Gasteiger partial charge in [0.05, 0.1) is 34.5 Å². The molecule has 17 heavy (non-hydrogen) atoms. The van der Waals surface area contributed by atoms with E-state index in [0.29, 0.717) is 6.42 Å². The molecule has 2 aromatic rings. The van der Waals surface area contributed by atoms with Crippen molar-refractivity contribution in [2.75, 3.05) is 0 Å². The minimum Gasteiger partial charge on any atom is -0.472 e. The lowest BCUT2D eigenvalue weighted by Gasteiger charge is -2.10. The van der Waals surface area contributed by atoms with Crippen molar-refractivity contribution < 1.29 is 9.52 Å². The molecule has 0 radical (unpaired) electrons. The van der Waals surface area contributed by atoms with Gasteiger partial charge in [-0.1, -0.05) is 0 Å². The summed E-state index contributed by atoms with van der Waals surface area (Å²) in [6.07, 6.45) is 3.09. The van der Waals surface area contributed by atoms with Crippen LogP contribution in [0.4, 0.5) is 0 Å². The normalized spacial score (nSPS) is 12.9. The van der Waals surface area contributed by atoms with Crippen LogP contribution < -0.4 is 0 Å². The molecule has 1 atom stereocenters. The molecule has 4 nitrogen and oxygen atoms in total. The van der Waals surface area contributed by atoms with Gasteiger partial charge in [-0.05, 0) is 35.8 Å². The van der Waals surface area contributed by atoms with Gasteiger partial charge in [-0.2, -0.15) is 5.10 Å². The van der Waals surface area contributed by atoms with E-state index in [-0.39, 0.29) is 0 Å². The third-order valence-corrected chi connectivity index (χ3v) is 3.80. The van der Waals surface area contributed by atoms with Gasteiger partial charge in [-0.3, -0.25) is 4.68 Å². The van der Waals surface area contributed by atoms with Gasteiger partial charge in [0.25, 0.3) is 0 Å². The summed E-state index contributed by atoms with van der Waals surface area (Å²) in [5, 5.41) is 14.5. The van der Waals surface area contributed by atoms with Crippen LogP contribution in [0, 0.1) is 6.92 Å². The van der Waals surface area contributed by atoms with Crippen molar-refractivity contribution in [1.29, 1.82) is 0 Å². The van der Waals surface area contributed by atoms with Gasteiger partial charge >= 0.3 is 0 Å². The van der Waals surface area contributed by atoms with Gasteiger partial charge in [0.1, 0.15) is 0 Å². The molecule has 0 fully saturated rings. The van der Waals surface area contributed by atoms with Crippen molar-refractivity contribution >= 4 is 15.9 Å². The quantitative estimate of drug-likeness (QED) is 0.944. The monoisotopic (exact) mass is 298 g/mol. The second-order valence-corrected chi connectivity index (χ2v) is 4.73. The van der Waals surface area contributed by atoms with E-state index in [0.717, 1.165) is 28.0 Å². The first-order valence-electron chi connectivity index (χ1n) is 5.55. The fraction of sp³-hybridized carbons (Fsp3) is 0.417. The molecule has 0 amide bonds. The Morgan fingerprint density at radius 1 is 1.59 bits per heavy atom. The number of aliphatic hydroxyl groups excluding tert-OH is 1. The first-order chi connectivity index (χ1) is 8.13. The van der Waals surface area contributed by atoms with Crippen molar-refractivity contribution in [2.45, 2.75) is 32.9 Å². The second kappa shape index (κ2) is 5.06. The summed E-state index contributed by atoms with van der Waals surface area (Å²) >= 11 is 3.52. The van der Waals surface area contributed by atoms with Crippen molar-refractivity contribution in [2.24, 2.45) is 0 Å². The van der Waals surface area contributed by atoms with Crippen LogP contribution in [0.3, 0.4) is 0 Å². The van der Waals surface area contributed by atoms with Gasteiger partial charge in [0.2, 0.25) is 0 Å². The molecule has 0 spiro atoms.